The predicted octanol–water partition coefficient (Wildman–Crippen LogP) is 7.10. The van der Waals surface area contributed by atoms with E-state index < -0.39 is 12.1 Å². The topological polar surface area (TPSA) is 121 Å². The predicted molar refractivity (Wildman–Crippen MR) is 205 cm³/mol. The van der Waals surface area contributed by atoms with Gasteiger partial charge in [0.1, 0.15) is 35.4 Å². The number of halogens is 1. The molecule has 1 heterocycles. The van der Waals surface area contributed by atoms with Crippen LogP contribution in [0.1, 0.15) is 68.7 Å². The van der Waals surface area contributed by atoms with Crippen molar-refractivity contribution < 1.29 is 32.9 Å². The average Bonchev–Trinajstić information content (AvgIpc) is 3.17. The summed E-state index contributed by atoms with van der Waals surface area (Å²) in [7, 11) is 0. The first-order valence-corrected chi connectivity index (χ1v) is 18.7. The molecule has 1 aliphatic rings. The summed E-state index contributed by atoms with van der Waals surface area (Å²) >= 11 is 0. The van der Waals surface area contributed by atoms with E-state index in [1.54, 1.807) is 19.1 Å². The van der Waals surface area contributed by atoms with Crippen LogP contribution in [0.4, 0.5) is 4.39 Å². The lowest BCUT2D eigenvalue weighted by Crippen LogP contribution is -2.42. The molecule has 4 N–H and O–H groups in total. The van der Waals surface area contributed by atoms with E-state index in [4.69, 9.17) is 24.7 Å². The number of hydrogen-bond donors (Lipinski definition) is 3. The molecule has 5 rings (SSSR count). The van der Waals surface area contributed by atoms with E-state index in [1.807, 2.05) is 48.5 Å². The fraction of sp³-hybridized carbons (Fsp3) is 0.395. The second kappa shape index (κ2) is 19.7. The van der Waals surface area contributed by atoms with E-state index in [9.17, 15) is 14.0 Å². The number of benzene rings is 4. The molecule has 2 amide bonds. The molecular formula is C43H52FN3O6. The van der Waals surface area contributed by atoms with Crippen molar-refractivity contribution >= 4 is 11.8 Å². The highest BCUT2D eigenvalue weighted by Crippen LogP contribution is 2.39. The van der Waals surface area contributed by atoms with Crippen LogP contribution in [0.3, 0.4) is 0 Å². The fourth-order valence-corrected chi connectivity index (χ4v) is 6.23. The van der Waals surface area contributed by atoms with Crippen LogP contribution >= 0.6 is 0 Å². The van der Waals surface area contributed by atoms with E-state index in [2.05, 4.69) is 30.5 Å². The number of rotatable bonds is 19. The summed E-state index contributed by atoms with van der Waals surface area (Å²) in [6, 6.07) is 23.9. The number of carbonyl (C=O) groups is 2. The van der Waals surface area contributed by atoms with Gasteiger partial charge in [0, 0.05) is 36.7 Å². The molecule has 0 radical (unpaired) electrons. The van der Waals surface area contributed by atoms with Crippen molar-refractivity contribution in [1.82, 2.24) is 10.6 Å². The van der Waals surface area contributed by atoms with Gasteiger partial charge in [-0.3, -0.25) is 9.59 Å². The van der Waals surface area contributed by atoms with Crippen molar-refractivity contribution in [3.63, 3.8) is 0 Å². The van der Waals surface area contributed by atoms with Crippen LogP contribution < -0.4 is 35.3 Å². The van der Waals surface area contributed by atoms with Crippen molar-refractivity contribution in [2.24, 2.45) is 5.73 Å². The van der Waals surface area contributed by atoms with Gasteiger partial charge in [-0.1, -0.05) is 68.8 Å². The van der Waals surface area contributed by atoms with Gasteiger partial charge in [-0.15, -0.1) is 0 Å². The molecule has 0 aromatic heterocycles. The maximum atomic E-state index is 13.8. The first-order chi connectivity index (χ1) is 25.8. The van der Waals surface area contributed by atoms with Crippen LogP contribution in [0, 0.1) is 5.82 Å². The quantitative estimate of drug-likeness (QED) is 0.0883. The third-order valence-corrected chi connectivity index (χ3v) is 9.13. The van der Waals surface area contributed by atoms with E-state index in [0.717, 1.165) is 76.3 Å². The van der Waals surface area contributed by atoms with Crippen LogP contribution in [0.15, 0.2) is 78.9 Å². The first kappa shape index (κ1) is 39.1. The third kappa shape index (κ3) is 11.0. The molecule has 53 heavy (non-hydrogen) atoms. The number of aryl methyl sites for hydroxylation is 2. The number of nitrogens with two attached hydrogens (primary N) is 1. The van der Waals surface area contributed by atoms with Gasteiger partial charge >= 0.3 is 0 Å². The van der Waals surface area contributed by atoms with E-state index >= 15 is 0 Å². The van der Waals surface area contributed by atoms with Crippen molar-refractivity contribution in [2.45, 2.75) is 84.5 Å². The van der Waals surface area contributed by atoms with Gasteiger partial charge in [-0.05, 0) is 85.5 Å². The summed E-state index contributed by atoms with van der Waals surface area (Å²) in [6.07, 6.45) is 4.37. The van der Waals surface area contributed by atoms with Crippen LogP contribution in [0.25, 0.3) is 11.1 Å². The van der Waals surface area contributed by atoms with Crippen molar-refractivity contribution in [3.8, 4) is 34.1 Å². The Morgan fingerprint density at radius 1 is 0.887 bits per heavy atom. The Kier molecular flexibility index (Phi) is 14.5. The largest absolute Gasteiger partial charge is 0.493 e. The monoisotopic (exact) mass is 725 g/mol. The lowest BCUT2D eigenvalue weighted by atomic mass is 9.96. The molecule has 2 unspecified atom stereocenters. The zero-order valence-corrected chi connectivity index (χ0v) is 31.1. The van der Waals surface area contributed by atoms with Gasteiger partial charge in [0.2, 0.25) is 5.91 Å². The highest BCUT2D eigenvalue weighted by atomic mass is 19.1. The third-order valence-electron chi connectivity index (χ3n) is 9.13. The number of amides is 2. The van der Waals surface area contributed by atoms with E-state index in [-0.39, 0.29) is 17.6 Å². The fourth-order valence-electron chi connectivity index (χ4n) is 6.23. The molecule has 0 spiro atoms. The average molecular weight is 726 g/mol. The van der Waals surface area contributed by atoms with Gasteiger partial charge in [0.05, 0.1) is 19.3 Å². The Morgan fingerprint density at radius 2 is 1.62 bits per heavy atom. The normalized spacial score (nSPS) is 14.0. The van der Waals surface area contributed by atoms with Gasteiger partial charge in [0.15, 0.2) is 6.10 Å². The van der Waals surface area contributed by atoms with Crippen molar-refractivity contribution in [3.05, 3.63) is 107 Å². The maximum absolute atomic E-state index is 13.8. The standard InChI is InChI=1S/C43H52FN3O6/c1-4-11-35-37(20-16-33-17-21-38(53-41(33)35)43(49)47-23-9-22-46-42(48)29(3)45)50-24-10-25-51-39-27-40(52-28-30-12-7-6-8-13-30)36(26-31(39)5-2)32-14-18-34(44)19-15-32/h6-8,12-16,18-20,26-27,29,38H,4-5,9-11,17,21-25,28,45H2,1-3H3,(H,46,48)(H,47,49). The number of carbonyl (C=O) groups excluding carboxylic acids is 2. The summed E-state index contributed by atoms with van der Waals surface area (Å²) in [5.41, 5.74) is 11.5. The molecule has 4 aromatic carbocycles. The number of ether oxygens (including phenoxy) is 4. The minimum atomic E-state index is -0.593. The molecule has 9 nitrogen and oxygen atoms in total. The molecule has 2 atom stereocenters. The molecule has 1 aliphatic heterocycles. The van der Waals surface area contributed by atoms with Crippen molar-refractivity contribution in [1.29, 1.82) is 0 Å². The van der Waals surface area contributed by atoms with Crippen LogP contribution in [-0.2, 0) is 35.5 Å². The lowest BCUT2D eigenvalue weighted by molar-refractivity contribution is -0.128. The Labute approximate surface area is 312 Å². The van der Waals surface area contributed by atoms with Gasteiger partial charge in [-0.2, -0.15) is 0 Å². The lowest BCUT2D eigenvalue weighted by Gasteiger charge is -2.28. The summed E-state index contributed by atoms with van der Waals surface area (Å²) in [4.78, 5) is 24.6. The van der Waals surface area contributed by atoms with Crippen LogP contribution in [0.2, 0.25) is 0 Å². The van der Waals surface area contributed by atoms with Gasteiger partial charge < -0.3 is 35.3 Å². The SMILES string of the molecule is CCCc1c(OCCCOc2cc(OCc3ccccc3)c(-c3ccc(F)cc3)cc2CC)ccc2c1OC(C(=O)NCCCNC(=O)C(C)N)CC2. The molecule has 0 fully saturated rings. The highest BCUT2D eigenvalue weighted by molar-refractivity contribution is 5.82. The summed E-state index contributed by atoms with van der Waals surface area (Å²) in [6.45, 7) is 7.95. The Morgan fingerprint density at radius 3 is 2.34 bits per heavy atom. The molecule has 10 heteroatoms. The number of nitrogens with one attached hydrogen (secondary N) is 2. The van der Waals surface area contributed by atoms with E-state index in [0.29, 0.717) is 57.9 Å². The van der Waals surface area contributed by atoms with Crippen molar-refractivity contribution in [2.75, 3.05) is 26.3 Å². The second-order valence-corrected chi connectivity index (χ2v) is 13.3. The maximum Gasteiger partial charge on any atom is 0.261 e. The van der Waals surface area contributed by atoms with Crippen LogP contribution in [0.5, 0.6) is 23.0 Å². The van der Waals surface area contributed by atoms with Gasteiger partial charge in [0.25, 0.3) is 5.91 Å². The Bertz CT molecular complexity index is 1800. The Balaban J connectivity index is 1.19. The zero-order valence-electron chi connectivity index (χ0n) is 31.1. The minimum Gasteiger partial charge on any atom is -0.493 e. The highest BCUT2D eigenvalue weighted by Gasteiger charge is 2.29. The summed E-state index contributed by atoms with van der Waals surface area (Å²) < 4.78 is 39.1. The van der Waals surface area contributed by atoms with Gasteiger partial charge in [-0.25, -0.2) is 4.39 Å². The molecule has 0 saturated carbocycles. The van der Waals surface area contributed by atoms with E-state index in [1.165, 1.54) is 12.1 Å². The summed E-state index contributed by atoms with van der Waals surface area (Å²) in [5, 5.41) is 5.69. The second-order valence-electron chi connectivity index (χ2n) is 13.3. The Hall–Kier alpha value is -5.09. The number of fused-ring (bicyclic) bond motifs is 1. The molecule has 0 bridgehead atoms. The number of hydrogen-bond acceptors (Lipinski definition) is 7. The molecule has 282 valence electrons. The minimum absolute atomic E-state index is 0.161. The zero-order chi connectivity index (χ0) is 37.6. The molecule has 0 saturated heterocycles. The first-order valence-electron chi connectivity index (χ1n) is 18.7. The summed E-state index contributed by atoms with van der Waals surface area (Å²) in [5.74, 6) is 2.25. The molecule has 4 aromatic rings. The molecule has 0 aliphatic carbocycles. The smallest absolute Gasteiger partial charge is 0.261 e. The molecular weight excluding hydrogens is 673 g/mol. The van der Waals surface area contributed by atoms with Crippen LogP contribution in [-0.4, -0.2) is 50.3 Å².